The van der Waals surface area contributed by atoms with Crippen molar-refractivity contribution < 1.29 is 9.50 Å². The number of benzene rings is 1. The molecule has 1 unspecified atom stereocenters. The third-order valence-electron chi connectivity index (χ3n) is 6.84. The molecule has 0 bridgehead atoms. The topological polar surface area (TPSA) is 127 Å². The number of aromatic nitrogens is 2. The van der Waals surface area contributed by atoms with Crippen LogP contribution >= 0.6 is 0 Å². The SMILES string of the molecule is N=C(/C=C1\C(N)=NCC2CN(c3ncc(C4CCNCC4)cn3)CCN12)c1cccc(F)c1O. The molecule has 5 rings (SSSR count). The molecule has 2 saturated heterocycles. The van der Waals surface area contributed by atoms with Crippen molar-refractivity contribution in [3.05, 3.63) is 59.3 Å². The number of hydrogen-bond donors (Lipinski definition) is 4. The van der Waals surface area contributed by atoms with Gasteiger partial charge in [-0.05, 0) is 55.6 Å². The van der Waals surface area contributed by atoms with Gasteiger partial charge in [0.25, 0.3) is 0 Å². The summed E-state index contributed by atoms with van der Waals surface area (Å²) in [6.45, 7) is 4.64. The number of rotatable bonds is 4. The van der Waals surface area contributed by atoms with Crippen LogP contribution in [0.1, 0.15) is 29.9 Å². The Kier molecular flexibility index (Phi) is 6.14. The Morgan fingerprint density at radius 2 is 1.97 bits per heavy atom. The van der Waals surface area contributed by atoms with Gasteiger partial charge >= 0.3 is 0 Å². The Labute approximate surface area is 197 Å². The van der Waals surface area contributed by atoms with E-state index in [1.54, 1.807) is 6.08 Å². The molecule has 5 N–H and O–H groups in total. The molecule has 0 spiro atoms. The monoisotopic (exact) mass is 464 g/mol. The first-order valence-corrected chi connectivity index (χ1v) is 11.6. The lowest BCUT2D eigenvalue weighted by atomic mass is 9.92. The first kappa shape index (κ1) is 22.3. The number of allylic oxidation sites excluding steroid dienone is 1. The van der Waals surface area contributed by atoms with Gasteiger partial charge in [-0.2, -0.15) is 0 Å². The summed E-state index contributed by atoms with van der Waals surface area (Å²) in [5.74, 6) is 0.268. The molecule has 2 fully saturated rings. The summed E-state index contributed by atoms with van der Waals surface area (Å²) >= 11 is 0. The number of fused-ring (bicyclic) bond motifs is 1. The minimum absolute atomic E-state index is 0.0231. The average Bonchev–Trinajstić information content (AvgIpc) is 2.87. The van der Waals surface area contributed by atoms with Crippen molar-refractivity contribution in [3.8, 4) is 5.75 Å². The zero-order chi connectivity index (χ0) is 23.7. The summed E-state index contributed by atoms with van der Waals surface area (Å²) in [7, 11) is 0. The van der Waals surface area contributed by atoms with E-state index in [9.17, 15) is 9.50 Å². The fraction of sp³-hybridized carbons (Fsp3) is 0.417. The molecule has 178 valence electrons. The van der Waals surface area contributed by atoms with E-state index in [2.05, 4.69) is 30.1 Å². The number of halogens is 1. The molecule has 1 aromatic heterocycles. The Hall–Kier alpha value is -3.53. The lowest BCUT2D eigenvalue weighted by Gasteiger charge is -2.45. The number of phenols is 1. The zero-order valence-electron chi connectivity index (χ0n) is 18.9. The van der Waals surface area contributed by atoms with Gasteiger partial charge in [-0.15, -0.1) is 0 Å². The molecule has 0 saturated carbocycles. The largest absolute Gasteiger partial charge is 0.504 e. The number of phenolic OH excluding ortho intramolecular Hbond substituents is 1. The van der Waals surface area contributed by atoms with Crippen LogP contribution in [0.2, 0.25) is 0 Å². The van der Waals surface area contributed by atoms with E-state index in [4.69, 9.17) is 11.1 Å². The molecule has 3 aliphatic rings. The fourth-order valence-electron chi connectivity index (χ4n) is 4.91. The Morgan fingerprint density at radius 1 is 1.21 bits per heavy atom. The van der Waals surface area contributed by atoms with Crippen molar-refractivity contribution in [1.82, 2.24) is 20.2 Å². The average molecular weight is 465 g/mol. The number of piperidine rings is 1. The summed E-state index contributed by atoms with van der Waals surface area (Å²) in [5, 5.41) is 21.8. The van der Waals surface area contributed by atoms with E-state index in [-0.39, 0.29) is 17.3 Å². The number of anilines is 1. The molecule has 1 aromatic carbocycles. The number of piperazine rings is 1. The molecule has 34 heavy (non-hydrogen) atoms. The second-order valence-electron chi connectivity index (χ2n) is 8.94. The third kappa shape index (κ3) is 4.33. The number of hydrogen-bond acceptors (Lipinski definition) is 9. The van der Waals surface area contributed by atoms with Crippen LogP contribution in [-0.2, 0) is 0 Å². The van der Waals surface area contributed by atoms with E-state index in [1.165, 1.54) is 17.7 Å². The van der Waals surface area contributed by atoms with Gasteiger partial charge in [0, 0.05) is 37.6 Å². The number of amidine groups is 1. The molecule has 3 aliphatic heterocycles. The summed E-state index contributed by atoms with van der Waals surface area (Å²) in [4.78, 5) is 18.1. The molecule has 4 heterocycles. The first-order chi connectivity index (χ1) is 16.5. The summed E-state index contributed by atoms with van der Waals surface area (Å²) in [6.07, 6.45) is 7.69. The maximum Gasteiger partial charge on any atom is 0.225 e. The Morgan fingerprint density at radius 3 is 2.74 bits per heavy atom. The number of nitrogens with zero attached hydrogens (tertiary/aromatic N) is 5. The molecule has 0 amide bonds. The van der Waals surface area contributed by atoms with Crippen LogP contribution in [0.5, 0.6) is 5.75 Å². The summed E-state index contributed by atoms with van der Waals surface area (Å²) in [5.41, 5.74) is 8.08. The van der Waals surface area contributed by atoms with Gasteiger partial charge in [-0.25, -0.2) is 14.4 Å². The highest BCUT2D eigenvalue weighted by Crippen LogP contribution is 2.27. The molecule has 0 aliphatic carbocycles. The number of aromatic hydroxyl groups is 1. The third-order valence-corrected chi connectivity index (χ3v) is 6.84. The highest BCUT2D eigenvalue weighted by molar-refractivity contribution is 6.13. The van der Waals surface area contributed by atoms with Crippen LogP contribution in [0.4, 0.5) is 10.3 Å². The van der Waals surface area contributed by atoms with E-state index < -0.39 is 11.6 Å². The molecule has 10 heteroatoms. The summed E-state index contributed by atoms with van der Waals surface area (Å²) < 4.78 is 13.8. The van der Waals surface area contributed by atoms with Crippen molar-refractivity contribution in [1.29, 1.82) is 5.41 Å². The van der Waals surface area contributed by atoms with Crippen LogP contribution in [0, 0.1) is 11.2 Å². The lowest BCUT2D eigenvalue weighted by molar-refractivity contribution is 0.234. The highest BCUT2D eigenvalue weighted by atomic mass is 19.1. The normalized spacial score (nSPS) is 22.4. The standard InChI is InChI=1S/C24H29FN8O/c25-19-3-1-2-18(22(19)34)20(26)10-21-23(27)29-13-17-14-32(8-9-33(17)21)24-30-11-16(12-31-24)15-4-6-28-7-5-15/h1-3,10-12,15,17,26,28,34H,4-9,13-14H2,(H2,27,29)/b21-10+,26-20?. The van der Waals surface area contributed by atoms with Crippen LogP contribution in [0.3, 0.4) is 0 Å². The summed E-state index contributed by atoms with van der Waals surface area (Å²) in [6, 6.07) is 4.18. The minimum atomic E-state index is -0.761. The number of nitrogens with two attached hydrogens (primary N) is 1. The van der Waals surface area contributed by atoms with Gasteiger partial charge in [-0.3, -0.25) is 4.99 Å². The van der Waals surface area contributed by atoms with Gasteiger partial charge in [0.15, 0.2) is 11.6 Å². The number of aliphatic imine (C=N–C) groups is 1. The van der Waals surface area contributed by atoms with Crippen molar-refractivity contribution in [2.45, 2.75) is 24.8 Å². The van der Waals surface area contributed by atoms with Gasteiger partial charge in [0.1, 0.15) is 5.84 Å². The van der Waals surface area contributed by atoms with Crippen LogP contribution in [-0.4, -0.2) is 76.8 Å². The van der Waals surface area contributed by atoms with E-state index >= 15 is 0 Å². The maximum absolute atomic E-state index is 13.8. The molecule has 2 aromatic rings. The van der Waals surface area contributed by atoms with E-state index in [1.807, 2.05) is 12.4 Å². The predicted octanol–water partition coefficient (Wildman–Crippen LogP) is 1.60. The van der Waals surface area contributed by atoms with Crippen LogP contribution in [0.15, 0.2) is 47.4 Å². The molecule has 0 radical (unpaired) electrons. The zero-order valence-corrected chi connectivity index (χ0v) is 18.9. The number of para-hydroxylation sites is 1. The minimum Gasteiger partial charge on any atom is -0.504 e. The van der Waals surface area contributed by atoms with Gasteiger partial charge in [-0.1, -0.05) is 6.07 Å². The molecule has 9 nitrogen and oxygen atoms in total. The Balaban J connectivity index is 1.31. The van der Waals surface area contributed by atoms with E-state index in [0.717, 1.165) is 32.0 Å². The van der Waals surface area contributed by atoms with Crippen molar-refractivity contribution in [2.24, 2.45) is 10.7 Å². The second kappa shape index (κ2) is 9.38. The van der Waals surface area contributed by atoms with Crippen molar-refractivity contribution >= 4 is 17.5 Å². The maximum atomic E-state index is 13.8. The Bertz CT molecular complexity index is 1130. The van der Waals surface area contributed by atoms with Crippen LogP contribution < -0.4 is 16.0 Å². The fourth-order valence-corrected chi connectivity index (χ4v) is 4.91. The number of nitrogens with one attached hydrogen (secondary N) is 2. The quantitative estimate of drug-likeness (QED) is 0.506. The highest BCUT2D eigenvalue weighted by Gasteiger charge is 2.33. The molecular formula is C24H29FN8O. The smallest absolute Gasteiger partial charge is 0.225 e. The van der Waals surface area contributed by atoms with Crippen LogP contribution in [0.25, 0.3) is 0 Å². The van der Waals surface area contributed by atoms with Crippen molar-refractivity contribution in [2.75, 3.05) is 44.2 Å². The molecular weight excluding hydrogens is 435 g/mol. The molecule has 1 atom stereocenters. The lowest BCUT2D eigenvalue weighted by Crippen LogP contribution is -2.57. The van der Waals surface area contributed by atoms with E-state index in [0.29, 0.717) is 49.6 Å². The van der Waals surface area contributed by atoms with Gasteiger partial charge in [0.05, 0.1) is 24.0 Å². The van der Waals surface area contributed by atoms with Crippen molar-refractivity contribution in [3.63, 3.8) is 0 Å². The van der Waals surface area contributed by atoms with Gasteiger partial charge < -0.3 is 31.4 Å². The predicted molar refractivity (Wildman–Crippen MR) is 129 cm³/mol. The second-order valence-corrected chi connectivity index (χ2v) is 8.94. The first-order valence-electron chi connectivity index (χ1n) is 11.6. The van der Waals surface area contributed by atoms with Gasteiger partial charge in [0.2, 0.25) is 5.95 Å².